The van der Waals surface area contributed by atoms with Crippen LogP contribution in [0.25, 0.3) is 66.1 Å². The maximum absolute atomic E-state index is 4.83. The lowest BCUT2D eigenvalue weighted by molar-refractivity contribution is 1.18. The molecule has 0 atom stereocenters. The molecule has 8 aromatic rings. The van der Waals surface area contributed by atoms with Crippen LogP contribution in [0.4, 0.5) is 0 Å². The van der Waals surface area contributed by atoms with E-state index in [1.807, 2.05) is 24.7 Å². The predicted molar refractivity (Wildman–Crippen MR) is 151 cm³/mol. The van der Waals surface area contributed by atoms with E-state index in [1.165, 1.54) is 49.7 Å². The van der Waals surface area contributed by atoms with Gasteiger partial charge in [-0.15, -0.1) is 0 Å². The number of para-hydroxylation sites is 1. The topological polar surface area (TPSA) is 35.1 Å². The molecule has 4 heteroatoms. The number of benzene rings is 4. The minimum Gasteiger partial charge on any atom is -0.309 e. The SMILES string of the molecule is c1ccc(-n2c3cc4c(cc3c3ccc5c(c32)-c2ccccc2C5)c2nccn2c2cccnc42)cc1. The lowest BCUT2D eigenvalue weighted by atomic mass is 10.0. The molecule has 4 nitrogen and oxygen atoms in total. The fourth-order valence-electron chi connectivity index (χ4n) is 6.49. The number of pyridine rings is 2. The van der Waals surface area contributed by atoms with Crippen molar-refractivity contribution in [3.8, 4) is 16.8 Å². The maximum atomic E-state index is 4.83. The maximum Gasteiger partial charge on any atom is 0.145 e. The van der Waals surface area contributed by atoms with Gasteiger partial charge in [-0.1, -0.05) is 54.6 Å². The monoisotopic (exact) mass is 472 g/mol. The summed E-state index contributed by atoms with van der Waals surface area (Å²) in [6.45, 7) is 0. The highest BCUT2D eigenvalue weighted by molar-refractivity contribution is 6.22. The Kier molecular flexibility index (Phi) is 3.55. The van der Waals surface area contributed by atoms with E-state index in [2.05, 4.69) is 93.9 Å². The summed E-state index contributed by atoms with van der Waals surface area (Å²) in [4.78, 5) is 9.60. The second-order valence-corrected chi connectivity index (χ2v) is 9.91. The Morgan fingerprint density at radius 3 is 2.46 bits per heavy atom. The van der Waals surface area contributed by atoms with Gasteiger partial charge in [-0.05, 0) is 59.5 Å². The van der Waals surface area contributed by atoms with Crippen LogP contribution < -0.4 is 0 Å². The fraction of sp³-hybridized carbons (Fsp3) is 0.0303. The van der Waals surface area contributed by atoms with Crippen molar-refractivity contribution in [1.29, 1.82) is 0 Å². The third kappa shape index (κ3) is 2.42. The zero-order valence-corrected chi connectivity index (χ0v) is 19.9. The van der Waals surface area contributed by atoms with Crippen LogP contribution in [0.3, 0.4) is 0 Å². The number of aromatic nitrogens is 4. The van der Waals surface area contributed by atoms with E-state index in [9.17, 15) is 0 Å². The first-order chi connectivity index (χ1) is 18.4. The average molecular weight is 473 g/mol. The van der Waals surface area contributed by atoms with Crippen LogP contribution in [0.5, 0.6) is 0 Å². The van der Waals surface area contributed by atoms with Crippen molar-refractivity contribution < 1.29 is 0 Å². The van der Waals surface area contributed by atoms with Crippen molar-refractivity contribution in [3.63, 3.8) is 0 Å². The van der Waals surface area contributed by atoms with Crippen molar-refractivity contribution in [1.82, 2.24) is 18.9 Å². The summed E-state index contributed by atoms with van der Waals surface area (Å²) in [5.74, 6) is 0. The van der Waals surface area contributed by atoms with Crippen molar-refractivity contribution in [2.45, 2.75) is 6.42 Å². The smallest absolute Gasteiger partial charge is 0.145 e. The summed E-state index contributed by atoms with van der Waals surface area (Å²) in [6.07, 6.45) is 6.76. The van der Waals surface area contributed by atoms with Crippen LogP contribution in [-0.4, -0.2) is 18.9 Å². The van der Waals surface area contributed by atoms with E-state index in [0.29, 0.717) is 0 Å². The molecule has 172 valence electrons. The van der Waals surface area contributed by atoms with E-state index < -0.39 is 0 Å². The van der Waals surface area contributed by atoms with E-state index in [4.69, 9.17) is 9.97 Å². The van der Waals surface area contributed by atoms with E-state index in [1.54, 1.807) is 0 Å². The highest BCUT2D eigenvalue weighted by Crippen LogP contribution is 2.46. The molecule has 9 rings (SSSR count). The van der Waals surface area contributed by atoms with Gasteiger partial charge in [-0.2, -0.15) is 0 Å². The number of imidazole rings is 1. The van der Waals surface area contributed by atoms with Gasteiger partial charge in [0.25, 0.3) is 0 Å². The van der Waals surface area contributed by atoms with Crippen molar-refractivity contribution >= 4 is 49.3 Å². The first-order valence-electron chi connectivity index (χ1n) is 12.6. The van der Waals surface area contributed by atoms with Gasteiger partial charge in [0, 0.05) is 51.4 Å². The van der Waals surface area contributed by atoms with Gasteiger partial charge in [0.1, 0.15) is 5.65 Å². The van der Waals surface area contributed by atoms with Crippen molar-refractivity contribution in [2.75, 3.05) is 0 Å². The molecule has 0 N–H and O–H groups in total. The van der Waals surface area contributed by atoms with Gasteiger partial charge in [0.15, 0.2) is 0 Å². The second kappa shape index (κ2) is 6.83. The minimum absolute atomic E-state index is 0.963. The Balaban J connectivity index is 1.55. The highest BCUT2D eigenvalue weighted by Gasteiger charge is 2.25. The van der Waals surface area contributed by atoms with Gasteiger partial charge in [0.2, 0.25) is 0 Å². The van der Waals surface area contributed by atoms with E-state index in [-0.39, 0.29) is 0 Å². The fourth-order valence-corrected chi connectivity index (χ4v) is 6.49. The van der Waals surface area contributed by atoms with E-state index >= 15 is 0 Å². The predicted octanol–water partition coefficient (Wildman–Crippen LogP) is 7.70. The molecule has 1 aliphatic carbocycles. The van der Waals surface area contributed by atoms with Crippen molar-refractivity contribution in [2.24, 2.45) is 0 Å². The zero-order valence-electron chi connectivity index (χ0n) is 19.9. The number of hydrogen-bond donors (Lipinski definition) is 0. The molecule has 0 spiro atoms. The first-order valence-corrected chi connectivity index (χ1v) is 12.6. The summed E-state index contributed by atoms with van der Waals surface area (Å²) >= 11 is 0. The third-order valence-corrected chi connectivity index (χ3v) is 8.02. The molecule has 0 fully saturated rings. The van der Waals surface area contributed by atoms with Gasteiger partial charge in [-0.3, -0.25) is 9.38 Å². The van der Waals surface area contributed by atoms with Crippen LogP contribution in [0.2, 0.25) is 0 Å². The third-order valence-electron chi connectivity index (χ3n) is 8.02. The number of nitrogens with zero attached hydrogens (tertiary/aromatic N) is 4. The number of fused-ring (bicyclic) bond motifs is 13. The summed E-state index contributed by atoms with van der Waals surface area (Å²) < 4.78 is 4.61. The molecular weight excluding hydrogens is 452 g/mol. The van der Waals surface area contributed by atoms with E-state index in [0.717, 1.165) is 33.9 Å². The molecule has 37 heavy (non-hydrogen) atoms. The van der Waals surface area contributed by atoms with Crippen LogP contribution in [-0.2, 0) is 6.42 Å². The molecular formula is C33H20N4. The molecule has 0 unspecified atom stereocenters. The molecule has 1 aliphatic rings. The van der Waals surface area contributed by atoms with Gasteiger partial charge in [-0.25, -0.2) is 4.98 Å². The Morgan fingerprint density at radius 2 is 1.51 bits per heavy atom. The number of rotatable bonds is 1. The van der Waals surface area contributed by atoms with Crippen molar-refractivity contribution in [3.05, 3.63) is 121 Å². The first kappa shape index (κ1) is 19.3. The number of hydrogen-bond acceptors (Lipinski definition) is 2. The average Bonchev–Trinajstić information content (AvgIpc) is 3.66. The van der Waals surface area contributed by atoms with Gasteiger partial charge in [0.05, 0.1) is 22.1 Å². The Bertz CT molecular complexity index is 2220. The van der Waals surface area contributed by atoms with Gasteiger partial charge < -0.3 is 4.57 Å². The normalized spacial score (nSPS) is 12.8. The molecule has 0 saturated carbocycles. The summed E-state index contributed by atoms with van der Waals surface area (Å²) in [6, 6.07) is 33.0. The van der Waals surface area contributed by atoms with Gasteiger partial charge >= 0.3 is 0 Å². The summed E-state index contributed by atoms with van der Waals surface area (Å²) in [5, 5.41) is 4.75. The zero-order chi connectivity index (χ0) is 24.1. The second-order valence-electron chi connectivity index (χ2n) is 9.91. The minimum atomic E-state index is 0.963. The largest absolute Gasteiger partial charge is 0.309 e. The standard InChI is InChI=1S/C33H20N4/c1-2-8-22(9-3-1)37-29-19-26-27(33-35-15-16-36(33)28-11-6-14-34-31(26)28)18-25(29)24-13-12-21-17-20-7-4-5-10-23(20)30(21)32(24)37/h1-16,18-19H,17H2. The summed E-state index contributed by atoms with van der Waals surface area (Å²) in [7, 11) is 0. The van der Waals surface area contributed by atoms with Crippen LogP contribution in [0, 0.1) is 0 Å². The molecule has 4 heterocycles. The lowest BCUT2D eigenvalue weighted by Crippen LogP contribution is -1.96. The Morgan fingerprint density at radius 1 is 0.622 bits per heavy atom. The van der Waals surface area contributed by atoms with Crippen LogP contribution in [0.1, 0.15) is 11.1 Å². The molecule has 0 aliphatic heterocycles. The molecule has 0 radical (unpaired) electrons. The Labute approximate surface area is 212 Å². The summed E-state index contributed by atoms with van der Waals surface area (Å²) in [5.41, 5.74) is 12.1. The lowest BCUT2D eigenvalue weighted by Gasteiger charge is -2.12. The molecule has 0 amide bonds. The molecule has 0 saturated heterocycles. The molecule has 4 aromatic carbocycles. The highest BCUT2D eigenvalue weighted by atomic mass is 15.0. The van der Waals surface area contributed by atoms with Crippen LogP contribution >= 0.6 is 0 Å². The quantitative estimate of drug-likeness (QED) is 0.229. The molecule has 0 bridgehead atoms. The molecule has 4 aromatic heterocycles. The van der Waals surface area contributed by atoms with Crippen LogP contribution in [0.15, 0.2) is 110 Å². The Hall–Kier alpha value is -4.96.